The minimum atomic E-state index is -0.259. The van der Waals surface area contributed by atoms with Crippen molar-refractivity contribution in [3.63, 3.8) is 0 Å². The molecule has 0 unspecified atom stereocenters. The molecule has 0 heterocycles. The fraction of sp³-hybridized carbons (Fsp3) is 0.692. The van der Waals surface area contributed by atoms with E-state index in [0.717, 1.165) is 30.2 Å². The lowest BCUT2D eigenvalue weighted by atomic mass is 10.4. The molecule has 0 aliphatic rings. The third-order valence-corrected chi connectivity index (χ3v) is 3.51. The third-order valence-electron chi connectivity index (χ3n) is 2.44. The van der Waals surface area contributed by atoms with Gasteiger partial charge in [0, 0.05) is 38.4 Å². The highest BCUT2D eigenvalue weighted by atomic mass is 32.2. The number of rotatable bonds is 14. The summed E-state index contributed by atoms with van der Waals surface area (Å²) in [5, 5.41) is 5.77. The highest BCUT2D eigenvalue weighted by Crippen LogP contribution is 2.03. The number of amides is 2. The second-order valence-corrected chi connectivity index (χ2v) is 5.71. The number of carbonyl (C=O) groups is 2. The molecule has 0 aromatic carbocycles. The summed E-state index contributed by atoms with van der Waals surface area (Å²) >= 11 is 1.71. The minimum Gasteiger partial charge on any atom is -0.389 e. The summed E-state index contributed by atoms with van der Waals surface area (Å²) in [4.78, 5) is 21.2. The fourth-order valence-corrected chi connectivity index (χ4v) is 2.25. The van der Waals surface area contributed by atoms with Crippen LogP contribution >= 0.6 is 11.8 Å². The van der Waals surface area contributed by atoms with Crippen LogP contribution in [0.25, 0.3) is 0 Å². The lowest BCUT2D eigenvalue weighted by molar-refractivity contribution is -0.119. The van der Waals surface area contributed by atoms with Gasteiger partial charge in [-0.1, -0.05) is 0 Å². The molecule has 8 nitrogen and oxygen atoms in total. The van der Waals surface area contributed by atoms with Gasteiger partial charge in [0.2, 0.25) is 11.8 Å². The number of hydrogen-bond acceptors (Lipinski definition) is 7. The van der Waals surface area contributed by atoms with Crippen LogP contribution in [0, 0.1) is 0 Å². The van der Waals surface area contributed by atoms with E-state index in [9.17, 15) is 9.59 Å². The van der Waals surface area contributed by atoms with Crippen molar-refractivity contribution in [1.82, 2.24) is 16.1 Å². The molecule has 0 aliphatic carbocycles. The molecule has 9 heteroatoms. The molecule has 2 amide bonds. The van der Waals surface area contributed by atoms with Gasteiger partial charge in [0.25, 0.3) is 0 Å². The zero-order valence-corrected chi connectivity index (χ0v) is 13.8. The first-order chi connectivity index (χ1) is 10.6. The van der Waals surface area contributed by atoms with Crippen molar-refractivity contribution in [2.75, 3.05) is 37.8 Å². The lowest BCUT2D eigenvalue weighted by Gasteiger charge is -2.09. The first-order valence-corrected chi connectivity index (χ1v) is 8.29. The van der Waals surface area contributed by atoms with Crippen LogP contribution in [0.1, 0.15) is 19.8 Å². The van der Waals surface area contributed by atoms with Crippen molar-refractivity contribution in [3.05, 3.63) is 11.9 Å². The van der Waals surface area contributed by atoms with Crippen LogP contribution in [0.5, 0.6) is 0 Å². The molecule has 22 heavy (non-hydrogen) atoms. The van der Waals surface area contributed by atoms with Crippen molar-refractivity contribution in [3.8, 4) is 0 Å². The molecule has 0 fully saturated rings. The Hall–Kier alpha value is -1.45. The van der Waals surface area contributed by atoms with Crippen molar-refractivity contribution >= 4 is 23.6 Å². The molecule has 0 aromatic heterocycles. The van der Waals surface area contributed by atoms with E-state index >= 15 is 0 Å². The van der Waals surface area contributed by atoms with E-state index in [4.69, 9.17) is 16.3 Å². The topological polar surface area (TPSA) is 132 Å². The van der Waals surface area contributed by atoms with E-state index in [1.807, 2.05) is 0 Å². The summed E-state index contributed by atoms with van der Waals surface area (Å²) in [5.41, 5.74) is 8.33. The largest absolute Gasteiger partial charge is 0.389 e. The van der Waals surface area contributed by atoms with Crippen LogP contribution in [0.2, 0.25) is 0 Å². The van der Waals surface area contributed by atoms with Crippen molar-refractivity contribution in [2.45, 2.75) is 19.8 Å². The zero-order chi connectivity index (χ0) is 16.6. The summed E-state index contributed by atoms with van der Waals surface area (Å²) in [6, 6.07) is 0. The Morgan fingerprint density at radius 3 is 2.68 bits per heavy atom. The van der Waals surface area contributed by atoms with Gasteiger partial charge in [0.15, 0.2) is 0 Å². The fourth-order valence-electron chi connectivity index (χ4n) is 1.35. The van der Waals surface area contributed by atoms with E-state index in [1.54, 1.807) is 18.0 Å². The maximum absolute atomic E-state index is 10.7. The average molecular weight is 333 g/mol. The van der Waals surface area contributed by atoms with E-state index < -0.39 is 0 Å². The number of nitrogens with one attached hydrogen (secondary N) is 3. The Bertz CT molecular complexity index is 353. The molecule has 0 saturated heterocycles. The van der Waals surface area contributed by atoms with Gasteiger partial charge in [-0.3, -0.25) is 15.4 Å². The van der Waals surface area contributed by atoms with Crippen LogP contribution in [0.3, 0.4) is 0 Å². The van der Waals surface area contributed by atoms with E-state index in [0.29, 0.717) is 26.2 Å². The molecule has 128 valence electrons. The van der Waals surface area contributed by atoms with Gasteiger partial charge in [-0.15, -0.1) is 0 Å². The van der Waals surface area contributed by atoms with Gasteiger partial charge >= 0.3 is 0 Å². The average Bonchev–Trinajstić information content (AvgIpc) is 2.46. The van der Waals surface area contributed by atoms with Crippen molar-refractivity contribution in [1.29, 1.82) is 0 Å². The number of primary amides is 1. The molecule has 0 bridgehead atoms. The number of hydrazine groups is 1. The Kier molecular flexibility index (Phi) is 13.5. The number of ether oxygens (including phenoxy) is 1. The molecular formula is C13H27N5O3S. The Balaban J connectivity index is 3.53. The zero-order valence-electron chi connectivity index (χ0n) is 13.0. The van der Waals surface area contributed by atoms with Gasteiger partial charge in [0.1, 0.15) is 0 Å². The lowest BCUT2D eigenvalue weighted by Crippen LogP contribution is -2.29. The predicted molar refractivity (Wildman–Crippen MR) is 88.7 cm³/mol. The summed E-state index contributed by atoms with van der Waals surface area (Å²) in [6.07, 6.45) is 3.17. The highest BCUT2D eigenvalue weighted by molar-refractivity contribution is 7.99. The molecular weight excluding hydrogens is 306 g/mol. The molecule has 0 aromatic rings. The number of hydrogen-bond donors (Lipinski definition) is 5. The molecule has 0 atom stereocenters. The van der Waals surface area contributed by atoms with Gasteiger partial charge < -0.3 is 26.5 Å². The quantitative estimate of drug-likeness (QED) is 0.157. The van der Waals surface area contributed by atoms with Crippen molar-refractivity contribution in [2.24, 2.45) is 11.6 Å². The molecule has 0 aliphatic heterocycles. The molecule has 0 saturated carbocycles. The summed E-state index contributed by atoms with van der Waals surface area (Å²) in [7, 11) is 0. The van der Waals surface area contributed by atoms with Gasteiger partial charge in [0.05, 0.1) is 18.9 Å². The second-order valence-electron chi connectivity index (χ2n) is 4.49. The van der Waals surface area contributed by atoms with E-state index in [2.05, 4.69) is 16.1 Å². The van der Waals surface area contributed by atoms with Crippen LogP contribution in [-0.2, 0) is 14.3 Å². The number of carbonyl (C=O) groups excluding carboxylic acids is 2. The van der Waals surface area contributed by atoms with Gasteiger partial charge in [-0.25, -0.2) is 0 Å². The molecule has 7 N–H and O–H groups in total. The van der Waals surface area contributed by atoms with Crippen molar-refractivity contribution < 1.29 is 14.3 Å². The maximum Gasteiger partial charge on any atom is 0.218 e. The Labute approximate surface area is 135 Å². The van der Waals surface area contributed by atoms with Crippen LogP contribution in [0.4, 0.5) is 0 Å². The van der Waals surface area contributed by atoms with Crippen LogP contribution < -0.4 is 27.6 Å². The standard InChI is InChI=1S/C13H27N5O3S/c1-11(19)17-5-6-21-10-12(18-15)9-16-4-2-7-22-8-3-13(14)20/h9,16,18H,2-8,10,15H2,1H3,(H2,14,20)(H,17,19)/b12-9-. The highest BCUT2D eigenvalue weighted by Gasteiger charge is 1.97. The smallest absolute Gasteiger partial charge is 0.218 e. The molecule has 0 radical (unpaired) electrons. The molecule has 0 rings (SSSR count). The monoisotopic (exact) mass is 333 g/mol. The maximum atomic E-state index is 10.7. The first kappa shape index (κ1) is 20.6. The van der Waals surface area contributed by atoms with Gasteiger partial charge in [-0.2, -0.15) is 11.8 Å². The summed E-state index contributed by atoms with van der Waals surface area (Å²) in [5.74, 6) is 6.78. The minimum absolute atomic E-state index is 0.0771. The van der Waals surface area contributed by atoms with Crippen LogP contribution in [0.15, 0.2) is 11.9 Å². The van der Waals surface area contributed by atoms with Crippen LogP contribution in [-0.4, -0.2) is 49.6 Å². The van der Waals surface area contributed by atoms with E-state index in [-0.39, 0.29) is 11.8 Å². The second kappa shape index (κ2) is 14.5. The number of nitrogens with two attached hydrogens (primary N) is 2. The Morgan fingerprint density at radius 1 is 1.27 bits per heavy atom. The first-order valence-electron chi connectivity index (χ1n) is 7.13. The van der Waals surface area contributed by atoms with Gasteiger partial charge in [-0.05, 0) is 12.2 Å². The Morgan fingerprint density at radius 2 is 2.05 bits per heavy atom. The summed E-state index contributed by atoms with van der Waals surface area (Å²) in [6.45, 7) is 3.51. The molecule has 0 spiro atoms. The normalized spacial score (nSPS) is 11.1. The summed E-state index contributed by atoms with van der Waals surface area (Å²) < 4.78 is 5.36. The van der Waals surface area contributed by atoms with E-state index in [1.165, 1.54) is 6.92 Å². The third kappa shape index (κ3) is 14.9. The SMILES string of the molecule is CC(=O)NCCOC/C(=C/NCCCSCCC(N)=O)NN. The predicted octanol–water partition coefficient (Wildman–Crippen LogP) is -0.968. The number of thioether (sulfide) groups is 1.